The van der Waals surface area contributed by atoms with Gasteiger partial charge in [0.15, 0.2) is 0 Å². The Hall–Kier alpha value is -4.09. The average molecular weight is 535 g/mol. The zero-order valence-corrected chi connectivity index (χ0v) is 20.8. The second-order valence-electron chi connectivity index (χ2n) is 7.24. The number of ether oxygens (including phenoxy) is 3. The van der Waals surface area contributed by atoms with Gasteiger partial charge < -0.3 is 19.5 Å². The molecular weight excluding hydrogens is 512 g/mol. The predicted molar refractivity (Wildman–Crippen MR) is 136 cm³/mol. The van der Waals surface area contributed by atoms with Crippen LogP contribution in [0.1, 0.15) is 28.4 Å². The highest BCUT2D eigenvalue weighted by Gasteiger charge is 2.13. The van der Waals surface area contributed by atoms with Crippen LogP contribution in [0.3, 0.4) is 0 Å². The molecule has 0 atom stereocenters. The third-order valence-electron chi connectivity index (χ3n) is 4.85. The molecule has 3 rings (SSSR count). The number of nitriles is 1. The molecule has 0 aliphatic rings. The fourth-order valence-electron chi connectivity index (χ4n) is 3.03. The van der Waals surface area contributed by atoms with Gasteiger partial charge in [-0.25, -0.2) is 4.79 Å². The first kappa shape index (κ1) is 25.5. The number of hydrogen-bond acceptors (Lipinski definition) is 6. The molecule has 0 spiro atoms. The zero-order chi connectivity index (χ0) is 25.2. The monoisotopic (exact) mass is 534 g/mol. The van der Waals surface area contributed by atoms with E-state index in [0.717, 1.165) is 10.0 Å². The van der Waals surface area contributed by atoms with Crippen molar-refractivity contribution in [2.24, 2.45) is 0 Å². The van der Waals surface area contributed by atoms with Crippen molar-refractivity contribution < 1.29 is 23.8 Å². The molecule has 178 valence electrons. The maximum Gasteiger partial charge on any atom is 0.338 e. The quantitative estimate of drug-likeness (QED) is 0.213. The molecule has 35 heavy (non-hydrogen) atoms. The largest absolute Gasteiger partial charge is 0.497 e. The van der Waals surface area contributed by atoms with E-state index >= 15 is 0 Å². The summed E-state index contributed by atoms with van der Waals surface area (Å²) in [6.07, 6.45) is 1.46. The second kappa shape index (κ2) is 12.4. The minimum absolute atomic E-state index is 0.113. The summed E-state index contributed by atoms with van der Waals surface area (Å²) in [5, 5.41) is 12.3. The molecule has 0 fully saturated rings. The number of nitrogens with zero attached hydrogens (tertiary/aromatic N) is 1. The van der Waals surface area contributed by atoms with Crippen molar-refractivity contribution in [3.63, 3.8) is 0 Å². The number of carbonyl (C=O) groups excluding carboxylic acids is 2. The number of anilines is 1. The first-order chi connectivity index (χ1) is 16.9. The number of benzene rings is 3. The minimum Gasteiger partial charge on any atom is -0.497 e. The first-order valence-corrected chi connectivity index (χ1v) is 11.5. The van der Waals surface area contributed by atoms with Gasteiger partial charge >= 0.3 is 5.97 Å². The first-order valence-electron chi connectivity index (χ1n) is 10.7. The van der Waals surface area contributed by atoms with Crippen molar-refractivity contribution in [1.82, 2.24) is 0 Å². The van der Waals surface area contributed by atoms with Crippen molar-refractivity contribution in [1.29, 1.82) is 5.26 Å². The summed E-state index contributed by atoms with van der Waals surface area (Å²) in [5.74, 6) is 0.00781. The van der Waals surface area contributed by atoms with E-state index in [-0.39, 0.29) is 12.2 Å². The fraction of sp³-hybridized carbons (Fsp3) is 0.148. The van der Waals surface area contributed by atoms with E-state index in [2.05, 4.69) is 21.2 Å². The van der Waals surface area contributed by atoms with E-state index in [1.54, 1.807) is 56.5 Å². The van der Waals surface area contributed by atoms with Crippen LogP contribution >= 0.6 is 15.9 Å². The van der Waals surface area contributed by atoms with Crippen LogP contribution in [0, 0.1) is 11.3 Å². The van der Waals surface area contributed by atoms with Crippen molar-refractivity contribution >= 4 is 39.6 Å². The third kappa shape index (κ3) is 7.19. The third-order valence-corrected chi connectivity index (χ3v) is 5.38. The van der Waals surface area contributed by atoms with Crippen LogP contribution in [0.4, 0.5) is 5.69 Å². The number of halogens is 1. The van der Waals surface area contributed by atoms with Crippen molar-refractivity contribution in [2.75, 3.05) is 19.0 Å². The molecule has 1 amide bonds. The highest BCUT2D eigenvalue weighted by Crippen LogP contribution is 2.28. The average Bonchev–Trinajstić information content (AvgIpc) is 2.87. The van der Waals surface area contributed by atoms with Crippen LogP contribution in [0.15, 0.2) is 76.8 Å². The molecule has 0 aliphatic carbocycles. The standard InChI is InChI=1S/C27H23BrN2O5/c1-3-34-27(32)19-6-11-23(12-7-19)30-26(31)21(16-29)14-20-8-13-24(33-2)15-25(20)35-17-18-4-9-22(28)10-5-18/h4-15H,3,17H2,1-2H3,(H,30,31)/b21-14+. The van der Waals surface area contributed by atoms with Gasteiger partial charge in [0.1, 0.15) is 29.7 Å². The van der Waals surface area contributed by atoms with Gasteiger partial charge in [0.2, 0.25) is 0 Å². The van der Waals surface area contributed by atoms with Gasteiger partial charge in [-0.1, -0.05) is 28.1 Å². The summed E-state index contributed by atoms with van der Waals surface area (Å²) in [5.41, 5.74) is 2.19. The highest BCUT2D eigenvalue weighted by atomic mass is 79.9. The van der Waals surface area contributed by atoms with Gasteiger partial charge in [0.05, 0.1) is 19.3 Å². The molecular formula is C27H23BrN2O5. The van der Waals surface area contributed by atoms with E-state index in [1.807, 2.05) is 30.3 Å². The van der Waals surface area contributed by atoms with Gasteiger partial charge in [0.25, 0.3) is 5.91 Å². The molecule has 0 aliphatic heterocycles. The van der Waals surface area contributed by atoms with E-state index in [4.69, 9.17) is 14.2 Å². The number of rotatable bonds is 9. The van der Waals surface area contributed by atoms with E-state index in [9.17, 15) is 14.9 Å². The van der Waals surface area contributed by atoms with Crippen LogP contribution in [-0.2, 0) is 16.1 Å². The van der Waals surface area contributed by atoms with Gasteiger partial charge in [-0.2, -0.15) is 5.26 Å². The number of amides is 1. The van der Waals surface area contributed by atoms with Crippen LogP contribution in [0.5, 0.6) is 11.5 Å². The summed E-state index contributed by atoms with van der Waals surface area (Å²) >= 11 is 3.41. The second-order valence-corrected chi connectivity index (χ2v) is 8.16. The molecule has 0 saturated heterocycles. The lowest BCUT2D eigenvalue weighted by Crippen LogP contribution is -2.14. The Balaban J connectivity index is 1.79. The smallest absolute Gasteiger partial charge is 0.338 e. The van der Waals surface area contributed by atoms with Crippen molar-refractivity contribution in [2.45, 2.75) is 13.5 Å². The Morgan fingerprint density at radius 3 is 2.40 bits per heavy atom. The summed E-state index contributed by atoms with van der Waals surface area (Å²) in [7, 11) is 1.55. The Bertz CT molecular complexity index is 1260. The molecule has 0 radical (unpaired) electrons. The van der Waals surface area contributed by atoms with Crippen LogP contribution in [0.2, 0.25) is 0 Å². The van der Waals surface area contributed by atoms with Gasteiger partial charge in [-0.05, 0) is 67.1 Å². The number of methoxy groups -OCH3 is 1. The van der Waals surface area contributed by atoms with E-state index in [0.29, 0.717) is 34.9 Å². The minimum atomic E-state index is -0.592. The Morgan fingerprint density at radius 1 is 1.06 bits per heavy atom. The maximum absolute atomic E-state index is 12.8. The topological polar surface area (TPSA) is 97.7 Å². The van der Waals surface area contributed by atoms with Crippen molar-refractivity contribution in [3.05, 3.63) is 93.5 Å². The maximum atomic E-state index is 12.8. The fourth-order valence-corrected chi connectivity index (χ4v) is 3.30. The highest BCUT2D eigenvalue weighted by molar-refractivity contribution is 9.10. The van der Waals surface area contributed by atoms with E-state index in [1.165, 1.54) is 6.08 Å². The van der Waals surface area contributed by atoms with Gasteiger partial charge in [-0.3, -0.25) is 4.79 Å². The SMILES string of the molecule is CCOC(=O)c1ccc(NC(=O)/C(C#N)=C/c2ccc(OC)cc2OCc2ccc(Br)cc2)cc1. The van der Waals surface area contributed by atoms with Crippen LogP contribution in [0.25, 0.3) is 6.08 Å². The molecule has 7 nitrogen and oxygen atoms in total. The molecule has 1 N–H and O–H groups in total. The van der Waals surface area contributed by atoms with Crippen LogP contribution < -0.4 is 14.8 Å². The molecule has 0 saturated carbocycles. The Kier molecular flexibility index (Phi) is 9.04. The predicted octanol–water partition coefficient (Wildman–Crippen LogP) is 5.76. The molecule has 3 aromatic rings. The summed E-state index contributed by atoms with van der Waals surface area (Å²) in [4.78, 5) is 24.5. The molecule has 0 bridgehead atoms. The van der Waals surface area contributed by atoms with Crippen LogP contribution in [-0.4, -0.2) is 25.6 Å². The molecule has 3 aromatic carbocycles. The lowest BCUT2D eigenvalue weighted by molar-refractivity contribution is -0.112. The zero-order valence-electron chi connectivity index (χ0n) is 19.2. The molecule has 8 heteroatoms. The Labute approximate surface area is 212 Å². The number of esters is 1. The lowest BCUT2D eigenvalue weighted by Gasteiger charge is -2.12. The number of nitrogens with one attached hydrogen (secondary N) is 1. The number of hydrogen-bond donors (Lipinski definition) is 1. The molecule has 0 heterocycles. The Morgan fingerprint density at radius 2 is 1.77 bits per heavy atom. The summed E-state index contributed by atoms with van der Waals surface area (Å²) < 4.78 is 17.2. The van der Waals surface area contributed by atoms with Gasteiger partial charge in [0, 0.05) is 21.8 Å². The van der Waals surface area contributed by atoms with Crippen molar-refractivity contribution in [3.8, 4) is 17.6 Å². The molecule has 0 aromatic heterocycles. The number of carbonyl (C=O) groups is 2. The lowest BCUT2D eigenvalue weighted by atomic mass is 10.1. The van der Waals surface area contributed by atoms with Gasteiger partial charge in [-0.15, -0.1) is 0 Å². The van der Waals surface area contributed by atoms with E-state index < -0.39 is 11.9 Å². The normalized spacial score (nSPS) is 10.7. The summed E-state index contributed by atoms with van der Waals surface area (Å²) in [6.45, 7) is 2.29. The summed E-state index contributed by atoms with van der Waals surface area (Å²) in [6, 6.07) is 21.0. The molecule has 0 unspecified atom stereocenters.